The van der Waals surface area contributed by atoms with E-state index in [-0.39, 0.29) is 11.8 Å². The molecule has 4 rings (SSSR count). The Hall–Kier alpha value is -2.08. The van der Waals surface area contributed by atoms with Crippen molar-refractivity contribution in [1.82, 2.24) is 10.2 Å². The number of alkyl carbamates (subject to hydrolysis) is 1. The first kappa shape index (κ1) is 17.7. The van der Waals surface area contributed by atoms with Crippen LogP contribution in [0.4, 0.5) is 4.79 Å². The number of carbonyl (C=O) groups excluding carboxylic acids is 1. The summed E-state index contributed by atoms with van der Waals surface area (Å²) in [5.74, 6) is -1.15. The Morgan fingerprint density at radius 2 is 1.84 bits per heavy atom. The number of hydrogen-bond acceptors (Lipinski definition) is 4. The van der Waals surface area contributed by atoms with Crippen molar-refractivity contribution in [3.8, 4) is 0 Å². The Morgan fingerprint density at radius 3 is 2.36 bits per heavy atom. The maximum atomic E-state index is 12.2. The summed E-state index contributed by atoms with van der Waals surface area (Å²) in [7, 11) is 0. The number of carboxylic acids is 1. The number of hydrogen-bond donors (Lipinski definition) is 2. The zero-order valence-corrected chi connectivity index (χ0v) is 15.0. The molecule has 1 aliphatic carbocycles. The minimum absolute atomic E-state index is 0.0972. The number of piperidine rings is 2. The van der Waals surface area contributed by atoms with Crippen LogP contribution in [0.1, 0.15) is 32.8 Å². The predicted octanol–water partition coefficient (Wildman–Crippen LogP) is 2.49. The van der Waals surface area contributed by atoms with E-state index < -0.39 is 23.2 Å². The molecule has 1 saturated carbocycles. The highest BCUT2D eigenvalue weighted by Crippen LogP contribution is 2.49. The van der Waals surface area contributed by atoms with E-state index in [9.17, 15) is 14.7 Å². The van der Waals surface area contributed by atoms with Crippen LogP contribution in [0, 0.1) is 11.8 Å². The standard InChI is InChI=1S/C19H26N2O4/c1-18(2,3)25-17(24)20-19(16(22)23)14-9-15(19)12-21(11-14)10-13-7-5-4-6-8-13/h4-8,14-15H,9-12H2,1-3H3,(H,20,24)(H,22,23). The molecule has 0 spiro atoms. The predicted molar refractivity (Wildman–Crippen MR) is 93.1 cm³/mol. The molecule has 3 fully saturated rings. The maximum Gasteiger partial charge on any atom is 0.408 e. The molecule has 2 N–H and O–H groups in total. The summed E-state index contributed by atoms with van der Waals surface area (Å²) in [5.41, 5.74) is -0.637. The van der Waals surface area contributed by atoms with Crippen LogP contribution in [-0.4, -0.2) is 46.3 Å². The first-order valence-electron chi connectivity index (χ1n) is 8.71. The number of carboxylic acid groups (broad SMARTS) is 1. The third kappa shape index (κ3) is 3.49. The number of amides is 1. The lowest BCUT2D eigenvalue weighted by Crippen LogP contribution is -2.77. The molecule has 6 nitrogen and oxygen atoms in total. The highest BCUT2D eigenvalue weighted by Gasteiger charge is 2.64. The number of fused-ring (bicyclic) bond motifs is 2. The summed E-state index contributed by atoms with van der Waals surface area (Å²) in [6, 6.07) is 10.1. The van der Waals surface area contributed by atoms with Crippen molar-refractivity contribution >= 4 is 12.1 Å². The van der Waals surface area contributed by atoms with Gasteiger partial charge in [-0.2, -0.15) is 0 Å². The van der Waals surface area contributed by atoms with Crippen molar-refractivity contribution in [2.24, 2.45) is 11.8 Å². The van der Waals surface area contributed by atoms with Gasteiger partial charge in [0.05, 0.1) is 0 Å². The Kier molecular flexibility index (Phi) is 4.49. The van der Waals surface area contributed by atoms with E-state index in [4.69, 9.17) is 4.74 Å². The van der Waals surface area contributed by atoms with Gasteiger partial charge in [-0.25, -0.2) is 9.59 Å². The molecule has 2 aliphatic heterocycles. The summed E-state index contributed by atoms with van der Waals surface area (Å²) >= 11 is 0. The second kappa shape index (κ2) is 6.33. The molecule has 1 aromatic rings. The summed E-state index contributed by atoms with van der Waals surface area (Å²) in [4.78, 5) is 26.4. The Balaban J connectivity index is 1.68. The van der Waals surface area contributed by atoms with Crippen LogP contribution < -0.4 is 5.32 Å². The topological polar surface area (TPSA) is 78.9 Å². The van der Waals surface area contributed by atoms with E-state index in [1.807, 2.05) is 18.2 Å². The second-order valence-electron chi connectivity index (χ2n) is 8.11. The van der Waals surface area contributed by atoms with Crippen LogP contribution in [0.25, 0.3) is 0 Å². The quantitative estimate of drug-likeness (QED) is 0.876. The van der Waals surface area contributed by atoms with Crippen molar-refractivity contribution in [1.29, 1.82) is 0 Å². The van der Waals surface area contributed by atoms with E-state index in [0.717, 1.165) is 13.0 Å². The third-order valence-electron chi connectivity index (χ3n) is 5.12. The van der Waals surface area contributed by atoms with Gasteiger partial charge in [-0.1, -0.05) is 30.3 Å². The molecule has 2 heterocycles. The van der Waals surface area contributed by atoms with Crippen LogP contribution in [0.3, 0.4) is 0 Å². The van der Waals surface area contributed by atoms with Gasteiger partial charge in [0.25, 0.3) is 0 Å². The molecule has 6 heteroatoms. The minimum Gasteiger partial charge on any atom is -0.479 e. The number of rotatable bonds is 4. The smallest absolute Gasteiger partial charge is 0.408 e. The molecular weight excluding hydrogens is 320 g/mol. The lowest BCUT2D eigenvalue weighted by Gasteiger charge is -2.59. The molecule has 1 amide bonds. The SMILES string of the molecule is CC(C)(C)OC(=O)NC1(C(=O)O)C2CC1CN(Cc1ccccc1)C2. The van der Waals surface area contributed by atoms with Gasteiger partial charge in [0.1, 0.15) is 11.1 Å². The number of nitrogens with zero attached hydrogens (tertiary/aromatic N) is 1. The average molecular weight is 346 g/mol. The van der Waals surface area contributed by atoms with Crippen LogP contribution in [0.5, 0.6) is 0 Å². The molecule has 2 saturated heterocycles. The van der Waals surface area contributed by atoms with Gasteiger partial charge in [-0.3, -0.25) is 4.90 Å². The maximum absolute atomic E-state index is 12.2. The lowest BCUT2D eigenvalue weighted by atomic mass is 9.55. The van der Waals surface area contributed by atoms with E-state index in [1.165, 1.54) is 5.56 Å². The molecular formula is C19H26N2O4. The first-order chi connectivity index (χ1) is 11.7. The summed E-state index contributed by atoms with van der Waals surface area (Å²) in [6.45, 7) is 7.42. The normalized spacial score (nSPS) is 28.8. The molecule has 0 radical (unpaired) electrons. The van der Waals surface area contributed by atoms with Gasteiger partial charge < -0.3 is 15.2 Å². The van der Waals surface area contributed by atoms with Crippen molar-refractivity contribution in [3.05, 3.63) is 35.9 Å². The van der Waals surface area contributed by atoms with E-state index >= 15 is 0 Å². The molecule has 25 heavy (non-hydrogen) atoms. The van der Waals surface area contributed by atoms with Gasteiger partial charge in [0.15, 0.2) is 0 Å². The van der Waals surface area contributed by atoms with Crippen molar-refractivity contribution in [3.63, 3.8) is 0 Å². The van der Waals surface area contributed by atoms with Crippen molar-refractivity contribution < 1.29 is 19.4 Å². The zero-order chi connectivity index (χ0) is 18.2. The number of carbonyl (C=O) groups is 2. The number of ether oxygens (including phenoxy) is 1. The zero-order valence-electron chi connectivity index (χ0n) is 15.0. The van der Waals surface area contributed by atoms with Crippen molar-refractivity contribution in [2.45, 2.75) is 44.9 Å². The molecule has 3 aliphatic rings. The fraction of sp³-hybridized carbons (Fsp3) is 0.579. The van der Waals surface area contributed by atoms with E-state index in [0.29, 0.717) is 13.1 Å². The second-order valence-corrected chi connectivity index (χ2v) is 8.11. The summed E-state index contributed by atoms with van der Waals surface area (Å²) in [5, 5.41) is 12.5. The average Bonchev–Trinajstić information content (AvgIpc) is 2.51. The van der Waals surface area contributed by atoms with Crippen LogP contribution >= 0.6 is 0 Å². The third-order valence-corrected chi connectivity index (χ3v) is 5.12. The highest BCUT2D eigenvalue weighted by molar-refractivity contribution is 5.87. The highest BCUT2D eigenvalue weighted by atomic mass is 16.6. The molecule has 136 valence electrons. The number of aliphatic carboxylic acids is 1. The minimum atomic E-state index is -1.20. The van der Waals surface area contributed by atoms with Gasteiger partial charge in [0.2, 0.25) is 0 Å². The number of benzene rings is 1. The Labute approximate surface area is 148 Å². The van der Waals surface area contributed by atoms with E-state index in [2.05, 4.69) is 22.3 Å². The van der Waals surface area contributed by atoms with Crippen LogP contribution in [-0.2, 0) is 16.1 Å². The largest absolute Gasteiger partial charge is 0.479 e. The lowest BCUT2D eigenvalue weighted by molar-refractivity contribution is -0.170. The van der Waals surface area contributed by atoms with Crippen LogP contribution in [0.2, 0.25) is 0 Å². The Bertz CT molecular complexity index is 641. The molecule has 2 unspecified atom stereocenters. The fourth-order valence-corrected chi connectivity index (χ4v) is 4.07. The number of nitrogens with one attached hydrogen (secondary N) is 1. The van der Waals surface area contributed by atoms with Gasteiger partial charge in [0, 0.05) is 31.5 Å². The molecule has 0 aromatic heterocycles. The van der Waals surface area contributed by atoms with E-state index in [1.54, 1.807) is 20.8 Å². The summed E-state index contributed by atoms with van der Waals surface area (Å²) in [6.07, 6.45) is 0.175. The molecule has 2 bridgehead atoms. The van der Waals surface area contributed by atoms with Gasteiger partial charge in [-0.15, -0.1) is 0 Å². The molecule has 1 aromatic carbocycles. The van der Waals surface area contributed by atoms with Crippen molar-refractivity contribution in [2.75, 3.05) is 13.1 Å². The van der Waals surface area contributed by atoms with Gasteiger partial charge >= 0.3 is 12.1 Å². The fourth-order valence-electron chi connectivity index (χ4n) is 4.07. The van der Waals surface area contributed by atoms with Gasteiger partial charge in [-0.05, 0) is 32.8 Å². The van der Waals surface area contributed by atoms with Crippen LogP contribution in [0.15, 0.2) is 30.3 Å². The first-order valence-corrected chi connectivity index (χ1v) is 8.71. The monoisotopic (exact) mass is 346 g/mol. The molecule has 2 atom stereocenters. The summed E-state index contributed by atoms with van der Waals surface area (Å²) < 4.78 is 5.28. The Morgan fingerprint density at radius 1 is 1.24 bits per heavy atom.